The highest BCUT2D eigenvalue weighted by Crippen LogP contribution is 2.27. The predicted octanol–water partition coefficient (Wildman–Crippen LogP) is 1.49. The van der Waals surface area contributed by atoms with Crippen LogP contribution >= 0.6 is 11.6 Å². The SMILES string of the molecule is CCN(C(=O)CC(N)=NOC(=O)CCl)c1ccccc1OC. The molecular weight excluding hydrogens is 310 g/mol. The molecule has 0 heterocycles. The van der Waals surface area contributed by atoms with Crippen LogP contribution in [0.2, 0.25) is 0 Å². The van der Waals surface area contributed by atoms with E-state index in [2.05, 4.69) is 9.99 Å². The first-order valence-corrected chi connectivity index (χ1v) is 7.08. The fraction of sp³-hybridized carbons (Fsp3) is 0.357. The topological polar surface area (TPSA) is 94.2 Å². The minimum Gasteiger partial charge on any atom is -0.495 e. The lowest BCUT2D eigenvalue weighted by Crippen LogP contribution is -2.34. The lowest BCUT2D eigenvalue weighted by molar-refractivity contribution is -0.140. The molecule has 0 aliphatic rings. The first kappa shape index (κ1) is 17.8. The first-order valence-electron chi connectivity index (χ1n) is 6.55. The lowest BCUT2D eigenvalue weighted by atomic mass is 10.2. The molecule has 7 nitrogen and oxygen atoms in total. The number of alkyl halides is 1. The number of para-hydroxylation sites is 2. The minimum absolute atomic E-state index is 0.114. The number of carbonyl (C=O) groups excluding carboxylic acids is 2. The second-order valence-electron chi connectivity index (χ2n) is 4.17. The van der Waals surface area contributed by atoms with Crippen LogP contribution in [0.25, 0.3) is 0 Å². The zero-order valence-corrected chi connectivity index (χ0v) is 13.2. The van der Waals surface area contributed by atoms with Crippen molar-refractivity contribution in [2.75, 3.05) is 24.4 Å². The molecule has 1 rings (SSSR count). The summed E-state index contributed by atoms with van der Waals surface area (Å²) in [6.07, 6.45) is -0.193. The summed E-state index contributed by atoms with van der Waals surface area (Å²) >= 11 is 5.25. The Morgan fingerprint density at radius 3 is 2.64 bits per heavy atom. The third kappa shape index (κ3) is 4.92. The van der Waals surface area contributed by atoms with Crippen molar-refractivity contribution < 1.29 is 19.2 Å². The molecule has 0 fully saturated rings. The van der Waals surface area contributed by atoms with Crippen LogP contribution in [0, 0.1) is 0 Å². The summed E-state index contributed by atoms with van der Waals surface area (Å²) in [5.41, 5.74) is 6.20. The van der Waals surface area contributed by atoms with Gasteiger partial charge in [0, 0.05) is 6.54 Å². The van der Waals surface area contributed by atoms with E-state index in [1.54, 1.807) is 18.2 Å². The molecule has 0 aliphatic heterocycles. The number of halogens is 1. The minimum atomic E-state index is -0.742. The van der Waals surface area contributed by atoms with Crippen molar-refractivity contribution in [3.63, 3.8) is 0 Å². The third-order valence-electron chi connectivity index (χ3n) is 2.70. The molecule has 8 heteroatoms. The zero-order chi connectivity index (χ0) is 16.5. The normalized spacial score (nSPS) is 11.0. The molecule has 0 radical (unpaired) electrons. The molecule has 1 aromatic rings. The van der Waals surface area contributed by atoms with Crippen LogP contribution in [0.5, 0.6) is 5.75 Å². The number of rotatable bonds is 7. The van der Waals surface area contributed by atoms with Gasteiger partial charge in [-0.25, -0.2) is 4.79 Å². The van der Waals surface area contributed by atoms with Crippen molar-refractivity contribution in [3.05, 3.63) is 24.3 Å². The largest absolute Gasteiger partial charge is 0.495 e. The number of oxime groups is 1. The van der Waals surface area contributed by atoms with Gasteiger partial charge in [-0.3, -0.25) is 4.79 Å². The highest BCUT2D eigenvalue weighted by molar-refractivity contribution is 6.26. The second-order valence-corrected chi connectivity index (χ2v) is 4.43. The summed E-state index contributed by atoms with van der Waals surface area (Å²) in [5.74, 6) is -0.921. The number of methoxy groups -OCH3 is 1. The van der Waals surface area contributed by atoms with Crippen LogP contribution in [0.1, 0.15) is 13.3 Å². The Labute approximate surface area is 133 Å². The molecule has 1 amide bonds. The molecule has 0 bridgehead atoms. The number of carbonyl (C=O) groups is 2. The molecule has 0 atom stereocenters. The fourth-order valence-electron chi connectivity index (χ4n) is 1.75. The van der Waals surface area contributed by atoms with Gasteiger partial charge in [-0.05, 0) is 19.1 Å². The van der Waals surface area contributed by atoms with E-state index in [0.29, 0.717) is 18.0 Å². The average molecular weight is 328 g/mol. The summed E-state index contributed by atoms with van der Waals surface area (Å²) in [7, 11) is 1.53. The van der Waals surface area contributed by atoms with Gasteiger partial charge in [0.15, 0.2) is 0 Å². The second kappa shape index (κ2) is 8.89. The molecular formula is C14H18ClN3O4. The van der Waals surface area contributed by atoms with Gasteiger partial charge >= 0.3 is 5.97 Å². The number of hydrogen-bond donors (Lipinski definition) is 1. The number of amides is 1. The Balaban J connectivity index is 2.83. The number of hydrogen-bond acceptors (Lipinski definition) is 5. The summed E-state index contributed by atoms with van der Waals surface area (Å²) in [6, 6.07) is 7.13. The first-order chi connectivity index (χ1) is 10.5. The standard InChI is InChI=1S/C14H18ClN3O4/c1-3-18(10-6-4-5-7-11(10)21-2)13(19)8-12(16)17-22-14(20)9-15/h4-7H,3,8-9H2,1-2H3,(H2,16,17). The molecule has 0 spiro atoms. The van der Waals surface area contributed by atoms with E-state index < -0.39 is 5.97 Å². The lowest BCUT2D eigenvalue weighted by Gasteiger charge is -2.22. The van der Waals surface area contributed by atoms with Gasteiger partial charge in [0.1, 0.15) is 17.5 Å². The van der Waals surface area contributed by atoms with Gasteiger partial charge in [-0.15, -0.1) is 11.6 Å². The van der Waals surface area contributed by atoms with E-state index in [4.69, 9.17) is 22.1 Å². The van der Waals surface area contributed by atoms with Crippen molar-refractivity contribution >= 4 is 35.0 Å². The Bertz CT molecular complexity index is 563. The van der Waals surface area contributed by atoms with E-state index in [0.717, 1.165) is 0 Å². The molecule has 0 saturated carbocycles. The molecule has 22 heavy (non-hydrogen) atoms. The Kier molecular flexibility index (Phi) is 7.18. The van der Waals surface area contributed by atoms with Crippen molar-refractivity contribution in [3.8, 4) is 5.75 Å². The number of amidine groups is 1. The summed E-state index contributed by atoms with van der Waals surface area (Å²) in [5, 5.41) is 3.37. The molecule has 0 unspecified atom stereocenters. The highest BCUT2D eigenvalue weighted by Gasteiger charge is 2.18. The maximum absolute atomic E-state index is 12.3. The van der Waals surface area contributed by atoms with Gasteiger partial charge < -0.3 is 20.2 Å². The van der Waals surface area contributed by atoms with Crippen LogP contribution in [0.4, 0.5) is 5.69 Å². The summed E-state index contributed by atoms with van der Waals surface area (Å²) < 4.78 is 5.24. The van der Waals surface area contributed by atoms with Gasteiger partial charge in [0.25, 0.3) is 0 Å². The van der Waals surface area contributed by atoms with Gasteiger partial charge in [-0.1, -0.05) is 17.3 Å². The van der Waals surface area contributed by atoms with Crippen molar-refractivity contribution in [2.45, 2.75) is 13.3 Å². The smallest absolute Gasteiger partial charge is 0.349 e. The van der Waals surface area contributed by atoms with E-state index in [1.165, 1.54) is 12.0 Å². The summed E-state index contributed by atoms with van der Waals surface area (Å²) in [4.78, 5) is 29.1. The Morgan fingerprint density at radius 2 is 2.05 bits per heavy atom. The van der Waals surface area contributed by atoms with E-state index in [1.807, 2.05) is 13.0 Å². The van der Waals surface area contributed by atoms with Crippen molar-refractivity contribution in [1.82, 2.24) is 0 Å². The van der Waals surface area contributed by atoms with Gasteiger partial charge in [0.2, 0.25) is 5.91 Å². The molecule has 1 aromatic carbocycles. The fourth-order valence-corrected chi connectivity index (χ4v) is 1.80. The van der Waals surface area contributed by atoms with Crippen LogP contribution < -0.4 is 15.4 Å². The Morgan fingerprint density at radius 1 is 1.36 bits per heavy atom. The van der Waals surface area contributed by atoms with Crippen molar-refractivity contribution in [1.29, 1.82) is 0 Å². The molecule has 0 aliphatic carbocycles. The predicted molar refractivity (Wildman–Crippen MR) is 84.1 cm³/mol. The number of benzene rings is 1. The maximum atomic E-state index is 12.3. The van der Waals surface area contributed by atoms with Gasteiger partial charge in [0.05, 0.1) is 19.2 Å². The number of ether oxygens (including phenoxy) is 1. The van der Waals surface area contributed by atoms with E-state index >= 15 is 0 Å². The molecule has 0 aromatic heterocycles. The quantitative estimate of drug-likeness (QED) is 0.269. The van der Waals surface area contributed by atoms with Crippen molar-refractivity contribution in [2.24, 2.45) is 10.9 Å². The molecule has 120 valence electrons. The molecule has 0 saturated heterocycles. The maximum Gasteiger partial charge on any atom is 0.349 e. The molecule has 2 N–H and O–H groups in total. The Hall–Kier alpha value is -2.28. The van der Waals surface area contributed by atoms with Crippen LogP contribution in [-0.2, 0) is 14.4 Å². The monoisotopic (exact) mass is 327 g/mol. The zero-order valence-electron chi connectivity index (χ0n) is 12.4. The number of anilines is 1. The number of nitrogens with two attached hydrogens (primary N) is 1. The summed E-state index contributed by atoms with van der Waals surface area (Å²) in [6.45, 7) is 2.25. The van der Waals surface area contributed by atoms with E-state index in [-0.39, 0.29) is 24.0 Å². The van der Waals surface area contributed by atoms with Gasteiger partial charge in [-0.2, -0.15) is 0 Å². The highest BCUT2D eigenvalue weighted by atomic mass is 35.5. The number of nitrogens with zero attached hydrogens (tertiary/aromatic N) is 2. The average Bonchev–Trinajstić information content (AvgIpc) is 2.53. The van der Waals surface area contributed by atoms with E-state index in [9.17, 15) is 9.59 Å². The third-order valence-corrected chi connectivity index (χ3v) is 2.92. The van der Waals surface area contributed by atoms with Crippen LogP contribution in [0.15, 0.2) is 29.4 Å². The van der Waals surface area contributed by atoms with Crippen LogP contribution in [0.3, 0.4) is 0 Å². The van der Waals surface area contributed by atoms with Crippen LogP contribution in [-0.4, -0.2) is 37.2 Å².